The summed E-state index contributed by atoms with van der Waals surface area (Å²) in [4.78, 5) is 21.9. The first-order valence-electron chi connectivity index (χ1n) is 7.76. The number of rotatable bonds is 3. The quantitative estimate of drug-likeness (QED) is 0.534. The Morgan fingerprint density at radius 2 is 1.41 bits per heavy atom. The van der Waals surface area contributed by atoms with Gasteiger partial charge in [0, 0.05) is 15.5 Å². The molecule has 0 aromatic heterocycles. The highest BCUT2D eigenvalue weighted by atomic mass is 79.9. The fourth-order valence-corrected chi connectivity index (χ4v) is 2.70. The van der Waals surface area contributed by atoms with E-state index >= 15 is 0 Å². The van der Waals surface area contributed by atoms with Crippen LogP contribution in [0.15, 0.2) is 45.3 Å². The van der Waals surface area contributed by atoms with Gasteiger partial charge < -0.3 is 11.1 Å². The summed E-state index contributed by atoms with van der Waals surface area (Å²) in [6, 6.07) is 7.78. The highest BCUT2D eigenvalue weighted by molar-refractivity contribution is 9.10. The Balaban J connectivity index is 0.000000442. The van der Waals surface area contributed by atoms with Crippen molar-refractivity contribution in [1.82, 2.24) is 5.32 Å². The van der Waals surface area contributed by atoms with Crippen LogP contribution in [0.25, 0.3) is 0 Å². The zero-order chi connectivity index (χ0) is 21.0. The molecule has 0 saturated heterocycles. The van der Waals surface area contributed by atoms with Gasteiger partial charge in [0.1, 0.15) is 11.6 Å². The van der Waals surface area contributed by atoms with E-state index in [4.69, 9.17) is 17.3 Å². The van der Waals surface area contributed by atoms with Crippen LogP contribution in [-0.4, -0.2) is 24.2 Å². The second kappa shape index (κ2) is 13.8. The molecular weight excluding hydrogens is 509 g/mol. The van der Waals surface area contributed by atoms with Gasteiger partial charge in [-0.15, -0.1) is 0 Å². The zero-order valence-corrected chi connectivity index (χ0v) is 18.6. The first-order chi connectivity index (χ1) is 12.7. The van der Waals surface area contributed by atoms with Crippen LogP contribution in [0.5, 0.6) is 0 Å². The van der Waals surface area contributed by atoms with E-state index in [-0.39, 0.29) is 11.5 Å². The van der Waals surface area contributed by atoms with Crippen molar-refractivity contribution < 1.29 is 18.4 Å². The Labute approximate surface area is 178 Å². The van der Waals surface area contributed by atoms with Crippen LogP contribution in [0.3, 0.4) is 0 Å². The average Bonchev–Trinajstić information content (AvgIpc) is 2.60. The fraction of sp³-hybridized carbons (Fsp3) is 0.222. The third-order valence-corrected chi connectivity index (χ3v) is 4.24. The summed E-state index contributed by atoms with van der Waals surface area (Å²) in [7, 11) is 0. The molecule has 0 saturated carbocycles. The van der Waals surface area contributed by atoms with Gasteiger partial charge in [0.15, 0.2) is 0 Å². The van der Waals surface area contributed by atoms with Crippen LogP contribution < -0.4 is 11.1 Å². The van der Waals surface area contributed by atoms with E-state index in [1.807, 2.05) is 13.8 Å². The highest BCUT2D eigenvalue weighted by Crippen LogP contribution is 2.19. The minimum absolute atomic E-state index is 0.145. The first kappa shape index (κ1) is 25.6. The SMILES string of the molecule is CCN.CCNC(=O)c1cc(F)ccc1Br.O=C(Cl)c1cc(F)ccc1Br. The lowest BCUT2D eigenvalue weighted by Gasteiger charge is -2.03. The standard InChI is InChI=1S/C9H9BrFNO.C7H3BrClFO.C2H7N/c1-2-12-9(13)7-5-6(11)3-4-8(7)10;8-6-2-1-4(10)3-5(6)7(9)11;1-2-3/h3-5H,2H2,1H3,(H,12,13);1-3H;2-3H2,1H3. The minimum Gasteiger partial charge on any atom is -0.352 e. The molecule has 4 nitrogen and oxygen atoms in total. The maximum atomic E-state index is 12.7. The molecule has 2 aromatic rings. The second-order valence-electron chi connectivity index (χ2n) is 4.79. The molecule has 3 N–H and O–H groups in total. The van der Waals surface area contributed by atoms with Crippen molar-refractivity contribution in [3.8, 4) is 0 Å². The Kier molecular flexibility index (Phi) is 13.1. The van der Waals surface area contributed by atoms with Gasteiger partial charge in [-0.3, -0.25) is 9.59 Å². The van der Waals surface area contributed by atoms with Gasteiger partial charge in [0.05, 0.1) is 11.1 Å². The van der Waals surface area contributed by atoms with E-state index < -0.39 is 16.9 Å². The lowest BCUT2D eigenvalue weighted by Crippen LogP contribution is -2.23. The predicted octanol–water partition coefficient (Wildman–Crippen LogP) is 5.27. The van der Waals surface area contributed by atoms with Crippen molar-refractivity contribution in [2.24, 2.45) is 5.73 Å². The van der Waals surface area contributed by atoms with Gasteiger partial charge in [0.2, 0.25) is 0 Å². The van der Waals surface area contributed by atoms with Crippen molar-refractivity contribution in [3.05, 3.63) is 68.1 Å². The maximum Gasteiger partial charge on any atom is 0.253 e. The molecule has 0 aliphatic rings. The molecule has 0 heterocycles. The van der Waals surface area contributed by atoms with E-state index in [2.05, 4.69) is 37.2 Å². The van der Waals surface area contributed by atoms with Gasteiger partial charge in [-0.25, -0.2) is 8.78 Å². The highest BCUT2D eigenvalue weighted by Gasteiger charge is 2.09. The van der Waals surface area contributed by atoms with E-state index in [1.165, 1.54) is 30.3 Å². The number of carbonyl (C=O) groups is 2. The van der Waals surface area contributed by atoms with Crippen LogP contribution in [0.4, 0.5) is 8.78 Å². The van der Waals surface area contributed by atoms with Crippen LogP contribution in [0, 0.1) is 11.6 Å². The molecule has 1 amide bonds. The minimum atomic E-state index is -0.670. The number of nitrogens with one attached hydrogen (secondary N) is 1. The van der Waals surface area contributed by atoms with Gasteiger partial charge in [0.25, 0.3) is 11.1 Å². The van der Waals surface area contributed by atoms with Crippen LogP contribution in [-0.2, 0) is 0 Å². The van der Waals surface area contributed by atoms with Crippen LogP contribution in [0.1, 0.15) is 34.6 Å². The number of amides is 1. The Hall–Kier alpha value is -1.35. The van der Waals surface area contributed by atoms with E-state index in [0.717, 1.165) is 12.6 Å². The summed E-state index contributed by atoms with van der Waals surface area (Å²) in [5, 5.41) is 1.92. The molecule has 0 unspecified atom stereocenters. The fourth-order valence-electron chi connectivity index (χ4n) is 1.58. The lowest BCUT2D eigenvalue weighted by molar-refractivity contribution is 0.0954. The van der Waals surface area contributed by atoms with Crippen molar-refractivity contribution >= 4 is 54.6 Å². The van der Waals surface area contributed by atoms with Crippen molar-refractivity contribution in [2.75, 3.05) is 13.1 Å². The summed E-state index contributed by atoms with van der Waals surface area (Å²) < 4.78 is 26.3. The summed E-state index contributed by atoms with van der Waals surface area (Å²) in [6.45, 7) is 4.99. The van der Waals surface area contributed by atoms with Gasteiger partial charge in [-0.1, -0.05) is 6.92 Å². The zero-order valence-electron chi connectivity index (χ0n) is 14.7. The first-order valence-corrected chi connectivity index (χ1v) is 9.72. The number of hydrogen-bond acceptors (Lipinski definition) is 3. The van der Waals surface area contributed by atoms with Gasteiger partial charge >= 0.3 is 0 Å². The molecule has 0 aliphatic heterocycles. The normalized spacial score (nSPS) is 9.33. The molecule has 9 heteroatoms. The Morgan fingerprint density at radius 3 is 1.78 bits per heavy atom. The second-order valence-corrected chi connectivity index (χ2v) is 6.84. The average molecular weight is 529 g/mol. The van der Waals surface area contributed by atoms with E-state index in [1.54, 1.807) is 0 Å². The molecule has 148 valence electrons. The Bertz CT molecular complexity index is 777. The molecule has 0 fully saturated rings. The van der Waals surface area contributed by atoms with Gasteiger partial charge in [-0.2, -0.15) is 0 Å². The predicted molar refractivity (Wildman–Crippen MR) is 111 cm³/mol. The van der Waals surface area contributed by atoms with Crippen molar-refractivity contribution in [2.45, 2.75) is 13.8 Å². The Morgan fingerprint density at radius 1 is 1.00 bits per heavy atom. The van der Waals surface area contributed by atoms with Crippen molar-refractivity contribution in [1.29, 1.82) is 0 Å². The summed E-state index contributed by atoms with van der Waals surface area (Å²) in [5.74, 6) is -1.16. The molecule has 27 heavy (non-hydrogen) atoms. The summed E-state index contributed by atoms with van der Waals surface area (Å²) in [5.41, 5.74) is 5.31. The number of nitrogens with two attached hydrogens (primary N) is 1. The van der Waals surface area contributed by atoms with E-state index in [0.29, 0.717) is 21.1 Å². The molecule has 0 spiro atoms. The molecule has 0 radical (unpaired) electrons. The van der Waals surface area contributed by atoms with Gasteiger partial charge in [-0.05, 0) is 93.3 Å². The third kappa shape index (κ3) is 9.95. The summed E-state index contributed by atoms with van der Waals surface area (Å²) in [6.07, 6.45) is 0. The number of carbonyl (C=O) groups excluding carboxylic acids is 2. The van der Waals surface area contributed by atoms with Crippen LogP contribution >= 0.6 is 43.5 Å². The third-order valence-electron chi connectivity index (χ3n) is 2.65. The monoisotopic (exact) mass is 526 g/mol. The maximum absolute atomic E-state index is 12.7. The number of benzene rings is 2. The smallest absolute Gasteiger partial charge is 0.253 e. The molecule has 2 aromatic carbocycles. The van der Waals surface area contributed by atoms with Crippen LogP contribution in [0.2, 0.25) is 0 Å². The molecule has 2 rings (SSSR count). The number of halogens is 5. The topological polar surface area (TPSA) is 72.2 Å². The molecule has 0 bridgehead atoms. The largest absolute Gasteiger partial charge is 0.352 e. The number of hydrogen-bond donors (Lipinski definition) is 2. The molecule has 0 atom stereocenters. The summed E-state index contributed by atoms with van der Waals surface area (Å²) >= 11 is 11.4. The molecule has 0 aliphatic carbocycles. The van der Waals surface area contributed by atoms with Crippen molar-refractivity contribution in [3.63, 3.8) is 0 Å². The molecular formula is C18H19Br2ClF2N2O2. The lowest BCUT2D eigenvalue weighted by atomic mass is 10.2. The van der Waals surface area contributed by atoms with E-state index in [9.17, 15) is 18.4 Å².